The van der Waals surface area contributed by atoms with Crippen LogP contribution in [0.15, 0.2) is 151 Å². The van der Waals surface area contributed by atoms with Gasteiger partial charge in [-0.15, -0.1) is 0 Å². The highest BCUT2D eigenvalue weighted by Gasteiger charge is 2.26. The summed E-state index contributed by atoms with van der Waals surface area (Å²) in [4.78, 5) is 20.2. The molecule has 2 atom stereocenters. The van der Waals surface area contributed by atoms with Crippen LogP contribution in [-0.2, 0) is 0 Å². The number of hydrogen-bond acceptors (Lipinski definition) is 5. The number of nitrogens with zero attached hydrogens (tertiary/aromatic N) is 4. The summed E-state index contributed by atoms with van der Waals surface area (Å²) in [5.41, 5.74) is 13.2. The van der Waals surface area contributed by atoms with Gasteiger partial charge in [-0.1, -0.05) is 105 Å². The highest BCUT2D eigenvalue weighted by atomic mass is 14.9. The number of pyridine rings is 3. The molecular weight excluding hydrogens is 611 g/mol. The van der Waals surface area contributed by atoms with E-state index in [4.69, 9.17) is 15.0 Å². The molecule has 1 aliphatic heterocycles. The van der Waals surface area contributed by atoms with Crippen LogP contribution in [0.4, 0.5) is 0 Å². The smallest absolute Gasteiger partial charge is 0.0972 e. The summed E-state index contributed by atoms with van der Waals surface area (Å²) >= 11 is 0. The minimum atomic E-state index is 0.0983. The molecule has 50 heavy (non-hydrogen) atoms. The van der Waals surface area contributed by atoms with Gasteiger partial charge in [0.05, 0.1) is 40.4 Å². The van der Waals surface area contributed by atoms with Crippen LogP contribution in [0, 0.1) is 0 Å². The summed E-state index contributed by atoms with van der Waals surface area (Å²) in [6, 6.07) is 33.9. The van der Waals surface area contributed by atoms with Gasteiger partial charge in [-0.25, -0.2) is 15.0 Å². The molecule has 3 aromatic carbocycles. The van der Waals surface area contributed by atoms with Crippen molar-refractivity contribution in [2.24, 2.45) is 4.99 Å². The molecule has 0 saturated carbocycles. The first-order chi connectivity index (χ1) is 24.6. The van der Waals surface area contributed by atoms with E-state index in [1.807, 2.05) is 42.8 Å². The molecule has 0 spiro atoms. The van der Waals surface area contributed by atoms with Crippen LogP contribution in [0.5, 0.6) is 0 Å². The summed E-state index contributed by atoms with van der Waals surface area (Å²) in [5.74, 6) is 0.315. The maximum Gasteiger partial charge on any atom is 0.0972 e. The molecule has 0 fully saturated rings. The van der Waals surface area contributed by atoms with Crippen LogP contribution in [0.3, 0.4) is 0 Å². The summed E-state index contributed by atoms with van der Waals surface area (Å²) in [5, 5.41) is 5.46. The maximum absolute atomic E-state index is 5.34. The molecule has 3 aromatic heterocycles. The molecule has 8 rings (SSSR count). The molecule has 5 nitrogen and oxygen atoms in total. The molecule has 2 aliphatic rings. The molecule has 2 unspecified atom stereocenters. The van der Waals surface area contributed by atoms with Gasteiger partial charge >= 0.3 is 0 Å². The number of benzene rings is 3. The van der Waals surface area contributed by atoms with Crippen molar-refractivity contribution in [1.82, 2.24) is 20.3 Å². The van der Waals surface area contributed by atoms with E-state index in [1.165, 1.54) is 11.1 Å². The zero-order chi connectivity index (χ0) is 34.0. The summed E-state index contributed by atoms with van der Waals surface area (Å²) in [7, 11) is 0. The van der Waals surface area contributed by atoms with Gasteiger partial charge in [0.25, 0.3) is 0 Å². The average Bonchev–Trinajstić information content (AvgIpc) is 3.18. The van der Waals surface area contributed by atoms with Crippen molar-refractivity contribution in [2.75, 3.05) is 6.54 Å². The van der Waals surface area contributed by atoms with Gasteiger partial charge in [0, 0.05) is 39.7 Å². The van der Waals surface area contributed by atoms with Crippen LogP contribution in [-0.4, -0.2) is 27.2 Å². The number of aromatic nitrogens is 3. The Labute approximate surface area is 292 Å². The summed E-state index contributed by atoms with van der Waals surface area (Å²) in [6.07, 6.45) is 16.3. The molecule has 1 aliphatic carbocycles. The standard InChI is InChI=1S/C45H37N5/c1-4-31-18-23-41(50-43(31)42(48-37-13-9-24-46-28-37)26-29(2)32-10-6-5-7-11-32)39-21-16-35-27-36(17-20-38(35)30(39)3)40-22-19-34-15-14-33-12-8-25-47-44(33)45(34)49-40/h4-27,30,39,46H,1,28H2,2-3H3/b29-26+,48-42?. The van der Waals surface area contributed by atoms with E-state index in [-0.39, 0.29) is 11.8 Å². The van der Waals surface area contributed by atoms with Crippen molar-refractivity contribution in [3.8, 4) is 11.3 Å². The Morgan fingerprint density at radius 3 is 2.56 bits per heavy atom. The largest absolute Gasteiger partial charge is 0.385 e. The molecule has 0 amide bonds. The lowest BCUT2D eigenvalue weighted by molar-refractivity contribution is 0.652. The van der Waals surface area contributed by atoms with Crippen molar-refractivity contribution in [3.05, 3.63) is 180 Å². The quantitative estimate of drug-likeness (QED) is 0.138. The van der Waals surface area contributed by atoms with Crippen LogP contribution >= 0.6 is 0 Å². The number of fused-ring (bicyclic) bond motifs is 4. The topological polar surface area (TPSA) is 63.1 Å². The third-order valence-electron chi connectivity index (χ3n) is 9.71. The first kappa shape index (κ1) is 31.1. The predicted octanol–water partition coefficient (Wildman–Crippen LogP) is 10.3. The number of hydrogen-bond donors (Lipinski definition) is 1. The van der Waals surface area contributed by atoms with E-state index in [2.05, 4.69) is 134 Å². The number of rotatable bonds is 7. The Bertz CT molecular complexity index is 2430. The molecular formula is C45H37N5. The van der Waals surface area contributed by atoms with Gasteiger partial charge in [-0.2, -0.15) is 0 Å². The minimum Gasteiger partial charge on any atom is -0.385 e. The lowest BCUT2D eigenvalue weighted by atomic mass is 9.78. The fraction of sp³-hybridized carbons (Fsp3) is 0.111. The number of nitrogens with one attached hydrogen (secondary N) is 1. The zero-order valence-corrected chi connectivity index (χ0v) is 28.2. The second-order valence-electron chi connectivity index (χ2n) is 12.9. The monoisotopic (exact) mass is 647 g/mol. The molecule has 1 N–H and O–H groups in total. The average molecular weight is 648 g/mol. The van der Waals surface area contributed by atoms with E-state index >= 15 is 0 Å². The van der Waals surface area contributed by atoms with Gasteiger partial charge in [-0.3, -0.25) is 4.98 Å². The highest BCUT2D eigenvalue weighted by molar-refractivity contribution is 6.13. The first-order valence-electron chi connectivity index (χ1n) is 17.1. The van der Waals surface area contributed by atoms with Crippen molar-refractivity contribution in [1.29, 1.82) is 0 Å². The number of aliphatic imine (C=N–C) groups is 1. The van der Waals surface area contributed by atoms with E-state index < -0.39 is 0 Å². The molecule has 0 radical (unpaired) electrons. The Morgan fingerprint density at radius 2 is 1.74 bits per heavy atom. The fourth-order valence-electron chi connectivity index (χ4n) is 6.96. The first-order valence-corrected chi connectivity index (χ1v) is 17.1. The Kier molecular flexibility index (Phi) is 8.31. The Balaban J connectivity index is 1.15. The second kappa shape index (κ2) is 13.4. The summed E-state index contributed by atoms with van der Waals surface area (Å²) in [6.45, 7) is 9.21. The summed E-state index contributed by atoms with van der Waals surface area (Å²) < 4.78 is 0. The SMILES string of the molecule is C=Cc1ccc(C2C=Cc3cc(-c4ccc5ccc6cccnc6c5n4)ccc3C2C)nc1C(/C=C(\C)c1ccccc1)=NC1=CC=CNC1. The van der Waals surface area contributed by atoms with E-state index in [0.29, 0.717) is 6.54 Å². The third-order valence-corrected chi connectivity index (χ3v) is 9.71. The predicted molar refractivity (Wildman–Crippen MR) is 209 cm³/mol. The minimum absolute atomic E-state index is 0.0983. The van der Waals surface area contributed by atoms with Gasteiger partial charge in [-0.05, 0) is 83.8 Å². The van der Waals surface area contributed by atoms with E-state index in [0.717, 1.165) is 72.6 Å². The van der Waals surface area contributed by atoms with Crippen LogP contribution in [0.25, 0.3) is 50.8 Å². The van der Waals surface area contributed by atoms with Crippen molar-refractivity contribution < 1.29 is 0 Å². The Hall–Kier alpha value is -6.20. The van der Waals surface area contributed by atoms with E-state index in [9.17, 15) is 0 Å². The molecule has 6 aromatic rings. The molecule has 4 heterocycles. The number of dihydropyridines is 1. The third kappa shape index (κ3) is 5.99. The zero-order valence-electron chi connectivity index (χ0n) is 28.2. The molecule has 0 saturated heterocycles. The lowest BCUT2D eigenvalue weighted by Crippen LogP contribution is -2.16. The van der Waals surface area contributed by atoms with Crippen molar-refractivity contribution in [3.63, 3.8) is 0 Å². The van der Waals surface area contributed by atoms with Gasteiger partial charge in [0.1, 0.15) is 0 Å². The van der Waals surface area contributed by atoms with Crippen LogP contribution in [0.1, 0.15) is 59.3 Å². The Morgan fingerprint density at radius 1 is 0.900 bits per heavy atom. The normalized spacial score (nSPS) is 17.4. The van der Waals surface area contributed by atoms with E-state index in [1.54, 1.807) is 0 Å². The maximum atomic E-state index is 5.34. The van der Waals surface area contributed by atoms with Gasteiger partial charge < -0.3 is 5.32 Å². The molecule has 0 bridgehead atoms. The number of allylic oxidation sites excluding steroid dienone is 5. The van der Waals surface area contributed by atoms with Crippen molar-refractivity contribution >= 4 is 45.2 Å². The molecule has 242 valence electrons. The highest BCUT2D eigenvalue weighted by Crippen LogP contribution is 2.41. The fourth-order valence-corrected chi connectivity index (χ4v) is 6.96. The lowest BCUT2D eigenvalue weighted by Gasteiger charge is -2.27. The van der Waals surface area contributed by atoms with Crippen molar-refractivity contribution in [2.45, 2.75) is 25.7 Å². The molecule has 5 heteroatoms. The van der Waals surface area contributed by atoms with Crippen LogP contribution < -0.4 is 5.32 Å². The second-order valence-corrected chi connectivity index (χ2v) is 12.9. The van der Waals surface area contributed by atoms with Gasteiger partial charge in [0.15, 0.2) is 0 Å². The van der Waals surface area contributed by atoms with Crippen LogP contribution in [0.2, 0.25) is 0 Å². The van der Waals surface area contributed by atoms with Gasteiger partial charge in [0.2, 0.25) is 0 Å².